The second kappa shape index (κ2) is 6.48. The van der Waals surface area contributed by atoms with Gasteiger partial charge in [-0.1, -0.05) is 24.3 Å². The van der Waals surface area contributed by atoms with E-state index in [4.69, 9.17) is 4.74 Å². The zero-order valence-corrected chi connectivity index (χ0v) is 15.6. The molecule has 6 heteroatoms. The van der Waals surface area contributed by atoms with Gasteiger partial charge in [0.1, 0.15) is 28.6 Å². The number of nitrogens with zero attached hydrogens (tertiary/aromatic N) is 3. The number of phenolic OH excluding ortho intramolecular Hbond substituents is 1. The average Bonchev–Trinajstić information content (AvgIpc) is 3.26. The molecule has 1 aromatic heterocycles. The number of phenols is 1. The number of fused-ring (bicyclic) bond motifs is 2. The van der Waals surface area contributed by atoms with Crippen molar-refractivity contribution in [1.82, 2.24) is 15.0 Å². The zero-order chi connectivity index (χ0) is 19.3. The number of hydrogen-bond donors (Lipinski definition) is 1. The Bertz CT molecular complexity index is 1080. The van der Waals surface area contributed by atoms with Crippen LogP contribution in [-0.2, 0) is 16.0 Å². The van der Waals surface area contributed by atoms with Gasteiger partial charge in [-0.05, 0) is 49.9 Å². The summed E-state index contributed by atoms with van der Waals surface area (Å²) in [6.45, 7) is 1.97. The minimum absolute atomic E-state index is 0.120. The molecule has 2 atom stereocenters. The van der Waals surface area contributed by atoms with E-state index in [1.165, 1.54) is 4.80 Å². The van der Waals surface area contributed by atoms with E-state index in [2.05, 4.69) is 10.2 Å². The van der Waals surface area contributed by atoms with Gasteiger partial charge in [-0.25, -0.2) is 4.79 Å². The standard InChI is InChI=1S/C22H21N3O3/c1-13-10-14(12-20-15-6-2-3-7-16(15)22(27)28-20)21(26)19(11-13)25-23-17-8-4-5-9-18(17)24-25/h4-5,7-11,15,20,26H,2-3,6,12H2,1H3. The van der Waals surface area contributed by atoms with Crippen LogP contribution < -0.4 is 0 Å². The number of carbonyl (C=O) groups is 1. The quantitative estimate of drug-likeness (QED) is 0.708. The van der Waals surface area contributed by atoms with E-state index in [0.29, 0.717) is 12.1 Å². The Morgan fingerprint density at radius 3 is 2.71 bits per heavy atom. The Morgan fingerprint density at radius 1 is 1.21 bits per heavy atom. The molecule has 2 unspecified atom stereocenters. The maximum Gasteiger partial charge on any atom is 0.334 e. The second-order valence-electron chi connectivity index (χ2n) is 7.61. The number of hydrogen-bond acceptors (Lipinski definition) is 5. The molecule has 2 aliphatic rings. The molecule has 142 valence electrons. The second-order valence-corrected chi connectivity index (χ2v) is 7.61. The lowest BCUT2D eigenvalue weighted by atomic mass is 9.83. The molecule has 0 amide bonds. The van der Waals surface area contributed by atoms with Crippen molar-refractivity contribution in [3.63, 3.8) is 0 Å². The van der Waals surface area contributed by atoms with Crippen molar-refractivity contribution in [3.8, 4) is 11.4 Å². The number of ether oxygens (including phenoxy) is 1. The Labute approximate surface area is 162 Å². The molecule has 28 heavy (non-hydrogen) atoms. The number of aromatic nitrogens is 3. The van der Waals surface area contributed by atoms with Gasteiger partial charge >= 0.3 is 5.97 Å². The van der Waals surface area contributed by atoms with Crippen LogP contribution in [0.15, 0.2) is 48.0 Å². The van der Waals surface area contributed by atoms with Crippen LogP contribution in [-0.4, -0.2) is 32.2 Å². The number of benzene rings is 2. The number of cyclic esters (lactones) is 1. The fourth-order valence-electron chi connectivity index (χ4n) is 4.32. The topological polar surface area (TPSA) is 77.2 Å². The summed E-state index contributed by atoms with van der Waals surface area (Å²) < 4.78 is 5.64. The monoisotopic (exact) mass is 375 g/mol. The van der Waals surface area contributed by atoms with E-state index in [9.17, 15) is 9.90 Å². The summed E-state index contributed by atoms with van der Waals surface area (Å²) in [4.78, 5) is 13.6. The molecule has 2 heterocycles. The molecule has 1 aliphatic heterocycles. The highest BCUT2D eigenvalue weighted by molar-refractivity contribution is 5.91. The maximum absolute atomic E-state index is 12.2. The van der Waals surface area contributed by atoms with Crippen LogP contribution in [0, 0.1) is 12.8 Å². The third-order valence-electron chi connectivity index (χ3n) is 5.66. The van der Waals surface area contributed by atoms with E-state index in [-0.39, 0.29) is 23.7 Å². The van der Waals surface area contributed by atoms with Crippen LogP contribution in [0.25, 0.3) is 16.7 Å². The first-order valence-electron chi connectivity index (χ1n) is 9.66. The molecular formula is C22H21N3O3. The SMILES string of the molecule is Cc1cc(CC2OC(=O)C3=CCCCC32)c(O)c(-n2nc3ccccc3n2)c1. The molecule has 0 spiro atoms. The summed E-state index contributed by atoms with van der Waals surface area (Å²) >= 11 is 0. The maximum atomic E-state index is 12.2. The zero-order valence-electron chi connectivity index (χ0n) is 15.6. The smallest absolute Gasteiger partial charge is 0.334 e. The summed E-state index contributed by atoms with van der Waals surface area (Å²) in [7, 11) is 0. The average molecular weight is 375 g/mol. The molecule has 1 fully saturated rings. The van der Waals surface area contributed by atoms with Gasteiger partial charge in [-0.3, -0.25) is 0 Å². The van der Waals surface area contributed by atoms with Crippen molar-refractivity contribution in [2.75, 3.05) is 0 Å². The fourth-order valence-corrected chi connectivity index (χ4v) is 4.32. The molecule has 0 radical (unpaired) electrons. The van der Waals surface area contributed by atoms with Crippen molar-refractivity contribution >= 4 is 17.0 Å². The summed E-state index contributed by atoms with van der Waals surface area (Å²) in [5, 5.41) is 19.9. The molecule has 1 aliphatic carbocycles. The Morgan fingerprint density at radius 2 is 1.96 bits per heavy atom. The highest BCUT2D eigenvalue weighted by Gasteiger charge is 2.40. The molecule has 6 nitrogen and oxygen atoms in total. The van der Waals surface area contributed by atoms with Gasteiger partial charge in [-0.2, -0.15) is 0 Å². The number of allylic oxidation sites excluding steroid dienone is 1. The van der Waals surface area contributed by atoms with Crippen LogP contribution in [0.5, 0.6) is 5.75 Å². The lowest BCUT2D eigenvalue weighted by Gasteiger charge is -2.21. The fraction of sp³-hybridized carbons (Fsp3) is 0.318. The number of aryl methyl sites for hydroxylation is 1. The van der Waals surface area contributed by atoms with E-state index >= 15 is 0 Å². The molecular weight excluding hydrogens is 354 g/mol. The number of carbonyl (C=O) groups excluding carboxylic acids is 1. The molecule has 2 aromatic carbocycles. The summed E-state index contributed by atoms with van der Waals surface area (Å²) in [5.41, 5.74) is 4.63. The molecule has 5 rings (SSSR count). The third kappa shape index (κ3) is 2.76. The number of rotatable bonds is 3. The van der Waals surface area contributed by atoms with Gasteiger partial charge in [0.2, 0.25) is 0 Å². The molecule has 1 N–H and O–H groups in total. The Hall–Kier alpha value is -3.15. The van der Waals surface area contributed by atoms with Crippen LogP contribution in [0.1, 0.15) is 30.4 Å². The Kier molecular flexibility index (Phi) is 3.93. The van der Waals surface area contributed by atoms with Gasteiger partial charge in [0.05, 0.1) is 0 Å². The van der Waals surface area contributed by atoms with E-state index in [0.717, 1.165) is 47.0 Å². The lowest BCUT2D eigenvalue weighted by molar-refractivity contribution is -0.139. The highest BCUT2D eigenvalue weighted by atomic mass is 16.6. The van der Waals surface area contributed by atoms with Crippen molar-refractivity contribution < 1.29 is 14.6 Å². The van der Waals surface area contributed by atoms with Gasteiger partial charge in [0.25, 0.3) is 0 Å². The minimum atomic E-state index is -0.232. The summed E-state index contributed by atoms with van der Waals surface area (Å²) in [6.07, 6.45) is 5.21. The Balaban J connectivity index is 1.52. The van der Waals surface area contributed by atoms with Gasteiger partial charge in [0, 0.05) is 23.5 Å². The van der Waals surface area contributed by atoms with Gasteiger partial charge in [-0.15, -0.1) is 15.0 Å². The molecule has 3 aromatic rings. The third-order valence-corrected chi connectivity index (χ3v) is 5.66. The molecule has 1 saturated heterocycles. The van der Waals surface area contributed by atoms with Gasteiger partial charge in [0.15, 0.2) is 0 Å². The van der Waals surface area contributed by atoms with Crippen molar-refractivity contribution in [1.29, 1.82) is 0 Å². The largest absolute Gasteiger partial charge is 0.505 e. The van der Waals surface area contributed by atoms with Crippen LogP contribution in [0.3, 0.4) is 0 Å². The molecule has 0 saturated carbocycles. The first-order chi connectivity index (χ1) is 13.6. The first kappa shape index (κ1) is 17.0. The summed E-state index contributed by atoms with van der Waals surface area (Å²) in [5.74, 6) is 0.0484. The van der Waals surface area contributed by atoms with E-state index < -0.39 is 0 Å². The van der Waals surface area contributed by atoms with E-state index in [1.54, 1.807) is 0 Å². The lowest BCUT2D eigenvalue weighted by Crippen LogP contribution is -2.21. The first-order valence-corrected chi connectivity index (χ1v) is 9.66. The summed E-state index contributed by atoms with van der Waals surface area (Å²) in [6, 6.07) is 11.4. The predicted octanol–water partition coefficient (Wildman–Crippen LogP) is 3.63. The van der Waals surface area contributed by atoms with Crippen LogP contribution in [0.4, 0.5) is 0 Å². The number of esters is 1. The van der Waals surface area contributed by atoms with Gasteiger partial charge < -0.3 is 9.84 Å². The minimum Gasteiger partial charge on any atom is -0.505 e. The van der Waals surface area contributed by atoms with Crippen molar-refractivity contribution in [3.05, 3.63) is 59.2 Å². The van der Waals surface area contributed by atoms with Crippen molar-refractivity contribution in [2.24, 2.45) is 5.92 Å². The van der Waals surface area contributed by atoms with Crippen LogP contribution in [0.2, 0.25) is 0 Å². The van der Waals surface area contributed by atoms with E-state index in [1.807, 2.05) is 49.4 Å². The van der Waals surface area contributed by atoms with Crippen LogP contribution >= 0.6 is 0 Å². The highest BCUT2D eigenvalue weighted by Crippen LogP contribution is 2.39. The predicted molar refractivity (Wildman–Crippen MR) is 104 cm³/mol. The normalized spacial score (nSPS) is 21.5. The van der Waals surface area contributed by atoms with Crippen molar-refractivity contribution in [2.45, 2.75) is 38.7 Å². The molecule has 0 bridgehead atoms. The number of aromatic hydroxyl groups is 1.